The summed E-state index contributed by atoms with van der Waals surface area (Å²) in [6.45, 7) is 6.94. The Labute approximate surface area is 165 Å². The van der Waals surface area contributed by atoms with E-state index in [-0.39, 0.29) is 18.7 Å². The molecule has 27 heavy (non-hydrogen) atoms. The van der Waals surface area contributed by atoms with Crippen LogP contribution in [0.3, 0.4) is 0 Å². The van der Waals surface area contributed by atoms with Gasteiger partial charge in [0.1, 0.15) is 6.04 Å². The first-order valence-electron chi connectivity index (χ1n) is 10.7. The molecule has 6 nitrogen and oxygen atoms in total. The summed E-state index contributed by atoms with van der Waals surface area (Å²) in [6, 6.07) is -0.752. The van der Waals surface area contributed by atoms with Gasteiger partial charge in [-0.3, -0.25) is 14.4 Å². The topological polar surface area (TPSA) is 106 Å². The molecule has 0 saturated heterocycles. The number of unbranched alkanes of at least 4 members (excludes halogenated alkanes) is 4. The molecule has 0 saturated carbocycles. The lowest BCUT2D eigenvalue weighted by Crippen LogP contribution is -2.50. The Morgan fingerprint density at radius 1 is 0.778 bits per heavy atom. The van der Waals surface area contributed by atoms with E-state index in [9.17, 15) is 14.4 Å². The average Bonchev–Trinajstić information content (AvgIpc) is 2.62. The van der Waals surface area contributed by atoms with Crippen LogP contribution in [0, 0.1) is 5.92 Å². The SMILES string of the molecule is CCCCCC(=O)N(CC(CCCC)CCCC)[C@@H](CCC(N)=O)C(N)=O. The van der Waals surface area contributed by atoms with Crippen molar-refractivity contribution in [3.63, 3.8) is 0 Å². The molecule has 0 spiro atoms. The molecular formula is C21H41N3O3. The molecule has 0 aromatic heterocycles. The van der Waals surface area contributed by atoms with Crippen molar-refractivity contribution in [3.05, 3.63) is 0 Å². The van der Waals surface area contributed by atoms with Gasteiger partial charge in [0.05, 0.1) is 0 Å². The van der Waals surface area contributed by atoms with Crippen molar-refractivity contribution in [2.75, 3.05) is 6.54 Å². The van der Waals surface area contributed by atoms with E-state index >= 15 is 0 Å². The van der Waals surface area contributed by atoms with Crippen LogP contribution in [0.4, 0.5) is 0 Å². The number of rotatable bonds is 17. The third-order valence-corrected chi connectivity index (χ3v) is 5.07. The Bertz CT molecular complexity index is 432. The molecule has 0 aliphatic carbocycles. The predicted molar refractivity (Wildman–Crippen MR) is 110 cm³/mol. The molecule has 0 heterocycles. The van der Waals surface area contributed by atoms with Crippen molar-refractivity contribution in [1.29, 1.82) is 0 Å². The zero-order chi connectivity index (χ0) is 20.7. The van der Waals surface area contributed by atoms with Gasteiger partial charge in [0.2, 0.25) is 17.7 Å². The van der Waals surface area contributed by atoms with Crippen molar-refractivity contribution < 1.29 is 14.4 Å². The summed E-state index contributed by atoms with van der Waals surface area (Å²) in [5, 5.41) is 0. The lowest BCUT2D eigenvalue weighted by Gasteiger charge is -2.33. The first-order valence-corrected chi connectivity index (χ1v) is 10.7. The summed E-state index contributed by atoms with van der Waals surface area (Å²) < 4.78 is 0. The summed E-state index contributed by atoms with van der Waals surface area (Å²) in [6.07, 6.45) is 10.0. The van der Waals surface area contributed by atoms with Crippen LogP contribution >= 0.6 is 0 Å². The molecule has 4 N–H and O–H groups in total. The van der Waals surface area contributed by atoms with Crippen LogP contribution in [0.1, 0.15) is 97.8 Å². The molecule has 6 heteroatoms. The van der Waals surface area contributed by atoms with E-state index in [0.717, 1.165) is 57.8 Å². The van der Waals surface area contributed by atoms with Gasteiger partial charge in [-0.25, -0.2) is 0 Å². The highest BCUT2D eigenvalue weighted by atomic mass is 16.2. The highest BCUT2D eigenvalue weighted by molar-refractivity contribution is 5.87. The highest BCUT2D eigenvalue weighted by Crippen LogP contribution is 2.21. The van der Waals surface area contributed by atoms with E-state index < -0.39 is 17.9 Å². The molecular weight excluding hydrogens is 342 g/mol. The second-order valence-corrected chi connectivity index (χ2v) is 7.58. The number of hydrogen-bond acceptors (Lipinski definition) is 3. The lowest BCUT2D eigenvalue weighted by atomic mass is 9.94. The number of amides is 3. The zero-order valence-corrected chi connectivity index (χ0v) is 17.7. The molecule has 0 rings (SSSR count). The Kier molecular flexibility index (Phi) is 14.6. The molecule has 0 unspecified atom stereocenters. The Hall–Kier alpha value is -1.59. The molecule has 0 radical (unpaired) electrons. The smallest absolute Gasteiger partial charge is 0.240 e. The van der Waals surface area contributed by atoms with Crippen LogP contribution in [0.15, 0.2) is 0 Å². The van der Waals surface area contributed by atoms with Crippen LogP contribution in [0.25, 0.3) is 0 Å². The van der Waals surface area contributed by atoms with Gasteiger partial charge in [-0.2, -0.15) is 0 Å². The van der Waals surface area contributed by atoms with E-state index in [1.165, 1.54) is 0 Å². The van der Waals surface area contributed by atoms with Gasteiger partial charge in [0, 0.05) is 19.4 Å². The molecule has 0 aromatic rings. The maximum absolute atomic E-state index is 12.9. The van der Waals surface area contributed by atoms with Crippen molar-refractivity contribution in [2.45, 2.75) is 104 Å². The van der Waals surface area contributed by atoms with E-state index in [2.05, 4.69) is 20.8 Å². The van der Waals surface area contributed by atoms with Gasteiger partial charge in [-0.1, -0.05) is 59.3 Å². The third-order valence-electron chi connectivity index (χ3n) is 5.07. The largest absolute Gasteiger partial charge is 0.370 e. The highest BCUT2D eigenvalue weighted by Gasteiger charge is 2.30. The van der Waals surface area contributed by atoms with Crippen molar-refractivity contribution in [3.8, 4) is 0 Å². The number of hydrogen-bond donors (Lipinski definition) is 2. The normalized spacial score (nSPS) is 12.1. The van der Waals surface area contributed by atoms with Gasteiger partial charge in [0.25, 0.3) is 0 Å². The van der Waals surface area contributed by atoms with Crippen LogP contribution in [0.5, 0.6) is 0 Å². The third kappa shape index (κ3) is 11.7. The Morgan fingerprint density at radius 2 is 1.33 bits per heavy atom. The summed E-state index contributed by atoms with van der Waals surface area (Å²) in [7, 11) is 0. The molecule has 0 aliphatic rings. The van der Waals surface area contributed by atoms with Crippen LogP contribution in [0.2, 0.25) is 0 Å². The monoisotopic (exact) mass is 383 g/mol. The molecule has 3 amide bonds. The molecule has 0 aliphatic heterocycles. The molecule has 0 fully saturated rings. The maximum atomic E-state index is 12.9. The standard InChI is InChI=1S/C21H41N3O3/c1-4-7-10-13-20(26)24(18(21(23)27)14-15-19(22)25)16-17(11-8-5-2)12-9-6-3/h17-18H,4-16H2,1-3H3,(H2,22,25)(H2,23,27)/t18-/m0/s1. The molecule has 0 bridgehead atoms. The minimum absolute atomic E-state index is 0.0327. The van der Waals surface area contributed by atoms with Crippen LogP contribution in [-0.4, -0.2) is 35.2 Å². The predicted octanol–water partition coefficient (Wildman–Crippen LogP) is 3.51. The van der Waals surface area contributed by atoms with Gasteiger partial charge < -0.3 is 16.4 Å². The number of primary amides is 2. The summed E-state index contributed by atoms with van der Waals surface area (Å²) >= 11 is 0. The molecule has 0 aromatic carbocycles. The van der Waals surface area contributed by atoms with E-state index in [0.29, 0.717) is 18.9 Å². The van der Waals surface area contributed by atoms with Crippen LogP contribution < -0.4 is 11.5 Å². The van der Waals surface area contributed by atoms with Gasteiger partial charge in [-0.05, 0) is 31.6 Å². The fraction of sp³-hybridized carbons (Fsp3) is 0.857. The number of nitrogens with two attached hydrogens (primary N) is 2. The second kappa shape index (κ2) is 15.5. The minimum Gasteiger partial charge on any atom is -0.370 e. The fourth-order valence-corrected chi connectivity index (χ4v) is 3.39. The fourth-order valence-electron chi connectivity index (χ4n) is 3.39. The Balaban J connectivity index is 5.32. The van der Waals surface area contributed by atoms with Crippen molar-refractivity contribution >= 4 is 17.7 Å². The number of carbonyl (C=O) groups excluding carboxylic acids is 3. The average molecular weight is 384 g/mol. The molecule has 158 valence electrons. The first kappa shape index (κ1) is 25.4. The van der Waals surface area contributed by atoms with Gasteiger partial charge in [0.15, 0.2) is 0 Å². The Morgan fingerprint density at radius 3 is 1.78 bits per heavy atom. The lowest BCUT2D eigenvalue weighted by molar-refractivity contribution is -0.141. The molecule has 1 atom stereocenters. The first-order chi connectivity index (χ1) is 12.9. The van der Waals surface area contributed by atoms with E-state index in [1.54, 1.807) is 4.90 Å². The quantitative estimate of drug-likeness (QED) is 0.375. The zero-order valence-electron chi connectivity index (χ0n) is 17.7. The number of nitrogens with zero attached hydrogens (tertiary/aromatic N) is 1. The summed E-state index contributed by atoms with van der Waals surface area (Å²) in [5.41, 5.74) is 10.9. The number of carbonyl (C=O) groups is 3. The summed E-state index contributed by atoms with van der Waals surface area (Å²) in [5.74, 6) is -0.705. The van der Waals surface area contributed by atoms with Crippen molar-refractivity contribution in [2.24, 2.45) is 17.4 Å². The van der Waals surface area contributed by atoms with Gasteiger partial charge >= 0.3 is 0 Å². The summed E-state index contributed by atoms with van der Waals surface area (Å²) in [4.78, 5) is 37.8. The van der Waals surface area contributed by atoms with Crippen LogP contribution in [-0.2, 0) is 14.4 Å². The second-order valence-electron chi connectivity index (χ2n) is 7.58. The van der Waals surface area contributed by atoms with Gasteiger partial charge in [-0.15, -0.1) is 0 Å². The van der Waals surface area contributed by atoms with E-state index in [4.69, 9.17) is 11.5 Å². The maximum Gasteiger partial charge on any atom is 0.240 e. The van der Waals surface area contributed by atoms with Crippen molar-refractivity contribution in [1.82, 2.24) is 4.90 Å². The minimum atomic E-state index is -0.752. The van der Waals surface area contributed by atoms with E-state index in [1.807, 2.05) is 0 Å².